The molecular weight excluding hydrogens is 370 g/mol. The first-order chi connectivity index (χ1) is 13.5. The molecule has 0 radical (unpaired) electrons. The highest BCUT2D eigenvalue weighted by Gasteiger charge is 2.21. The van der Waals surface area contributed by atoms with E-state index in [1.54, 1.807) is 12.1 Å². The van der Waals surface area contributed by atoms with Crippen molar-refractivity contribution in [3.8, 4) is 0 Å². The van der Waals surface area contributed by atoms with Crippen LogP contribution < -0.4 is 14.9 Å². The van der Waals surface area contributed by atoms with Crippen molar-refractivity contribution in [2.75, 3.05) is 24.5 Å². The molecule has 1 saturated carbocycles. The molecule has 1 aromatic rings. The molecule has 5 nitrogen and oxygen atoms in total. The minimum atomic E-state index is -3.46. The average molecular weight is 408 g/mol. The zero-order valence-electron chi connectivity index (χ0n) is 17.3. The summed E-state index contributed by atoms with van der Waals surface area (Å²) in [5, 5.41) is 3.44. The first kappa shape index (κ1) is 21.6. The molecule has 1 aliphatic carbocycles. The van der Waals surface area contributed by atoms with Crippen LogP contribution in [-0.4, -0.2) is 40.1 Å². The van der Waals surface area contributed by atoms with Gasteiger partial charge in [-0.25, -0.2) is 13.1 Å². The highest BCUT2D eigenvalue weighted by molar-refractivity contribution is 7.89. The zero-order chi connectivity index (χ0) is 19.8. The van der Waals surface area contributed by atoms with Gasteiger partial charge in [-0.15, -0.1) is 0 Å². The van der Waals surface area contributed by atoms with E-state index in [4.69, 9.17) is 0 Å². The molecule has 1 heterocycles. The van der Waals surface area contributed by atoms with Gasteiger partial charge in [0.1, 0.15) is 0 Å². The molecule has 1 atom stereocenters. The van der Waals surface area contributed by atoms with Gasteiger partial charge in [0.05, 0.1) is 4.90 Å². The van der Waals surface area contributed by atoms with E-state index < -0.39 is 10.0 Å². The topological polar surface area (TPSA) is 61.4 Å². The van der Waals surface area contributed by atoms with E-state index >= 15 is 0 Å². The van der Waals surface area contributed by atoms with Gasteiger partial charge in [0.25, 0.3) is 0 Å². The van der Waals surface area contributed by atoms with Gasteiger partial charge in [-0.3, -0.25) is 0 Å². The largest absolute Gasteiger partial charge is 0.369 e. The Labute approximate surface area is 171 Å². The van der Waals surface area contributed by atoms with Gasteiger partial charge < -0.3 is 10.2 Å². The number of benzene rings is 1. The summed E-state index contributed by atoms with van der Waals surface area (Å²) in [6, 6.07) is 7.94. The van der Waals surface area contributed by atoms with Gasteiger partial charge in [-0.1, -0.05) is 51.4 Å². The van der Waals surface area contributed by atoms with E-state index in [0.29, 0.717) is 10.9 Å². The van der Waals surface area contributed by atoms with Gasteiger partial charge in [0.2, 0.25) is 10.0 Å². The Kier molecular flexibility index (Phi) is 8.18. The minimum absolute atomic E-state index is 0.0665. The number of hydrogen-bond acceptors (Lipinski definition) is 4. The first-order valence-electron chi connectivity index (χ1n) is 11.2. The summed E-state index contributed by atoms with van der Waals surface area (Å²) in [7, 11) is -3.46. The van der Waals surface area contributed by atoms with Gasteiger partial charge in [0.15, 0.2) is 0 Å². The van der Waals surface area contributed by atoms with Crippen LogP contribution >= 0.6 is 0 Å². The van der Waals surface area contributed by atoms with E-state index in [2.05, 4.69) is 21.9 Å². The number of nitrogens with zero attached hydrogens (tertiary/aromatic N) is 1. The maximum absolute atomic E-state index is 12.9. The minimum Gasteiger partial charge on any atom is -0.369 e. The zero-order valence-corrected chi connectivity index (χ0v) is 18.1. The SMILES string of the molecule is C[C@@H]1CN(c2ccc(S(=O)(=O)NC3CCCCCCCCCC3)cc2)CCN1. The smallest absolute Gasteiger partial charge is 0.240 e. The highest BCUT2D eigenvalue weighted by atomic mass is 32.2. The number of piperazine rings is 1. The van der Waals surface area contributed by atoms with E-state index in [1.807, 2.05) is 12.1 Å². The lowest BCUT2D eigenvalue weighted by Crippen LogP contribution is -2.49. The second-order valence-electron chi connectivity index (χ2n) is 8.52. The van der Waals surface area contributed by atoms with Crippen molar-refractivity contribution in [1.82, 2.24) is 10.0 Å². The van der Waals surface area contributed by atoms with Crippen LogP contribution in [0.25, 0.3) is 0 Å². The molecule has 6 heteroatoms. The molecule has 28 heavy (non-hydrogen) atoms. The van der Waals surface area contributed by atoms with Crippen molar-refractivity contribution < 1.29 is 8.42 Å². The maximum atomic E-state index is 12.9. The van der Waals surface area contributed by atoms with E-state index in [9.17, 15) is 8.42 Å². The van der Waals surface area contributed by atoms with E-state index in [1.165, 1.54) is 38.5 Å². The molecule has 0 bridgehead atoms. The summed E-state index contributed by atoms with van der Waals surface area (Å²) in [6.07, 6.45) is 11.8. The summed E-state index contributed by atoms with van der Waals surface area (Å²) in [6.45, 7) is 5.05. The Balaban J connectivity index is 1.62. The Morgan fingerprint density at radius 3 is 2.07 bits per heavy atom. The fraction of sp³-hybridized carbons (Fsp3) is 0.727. The van der Waals surface area contributed by atoms with Crippen LogP contribution in [0.15, 0.2) is 29.2 Å². The number of nitrogens with one attached hydrogen (secondary N) is 2. The fourth-order valence-electron chi connectivity index (χ4n) is 4.39. The van der Waals surface area contributed by atoms with E-state index in [0.717, 1.165) is 51.0 Å². The van der Waals surface area contributed by atoms with Gasteiger partial charge in [-0.2, -0.15) is 0 Å². The molecule has 0 spiro atoms. The Morgan fingerprint density at radius 1 is 0.929 bits per heavy atom. The molecule has 1 aromatic carbocycles. The molecular formula is C22H37N3O2S. The van der Waals surface area contributed by atoms with Crippen molar-refractivity contribution >= 4 is 15.7 Å². The van der Waals surface area contributed by atoms with Crippen LogP contribution in [-0.2, 0) is 10.0 Å². The second-order valence-corrected chi connectivity index (χ2v) is 10.2. The highest BCUT2D eigenvalue weighted by Crippen LogP contribution is 2.22. The predicted molar refractivity (Wildman–Crippen MR) is 116 cm³/mol. The van der Waals surface area contributed by atoms with Crippen LogP contribution in [0.5, 0.6) is 0 Å². The Morgan fingerprint density at radius 2 is 1.50 bits per heavy atom. The molecule has 1 aliphatic heterocycles. The number of rotatable bonds is 4. The monoisotopic (exact) mass is 407 g/mol. The lowest BCUT2D eigenvalue weighted by Gasteiger charge is -2.33. The molecule has 0 unspecified atom stereocenters. The van der Waals surface area contributed by atoms with Gasteiger partial charge >= 0.3 is 0 Å². The molecule has 0 amide bonds. The summed E-state index contributed by atoms with van der Waals surface area (Å²) >= 11 is 0. The van der Waals surface area contributed by atoms with Crippen molar-refractivity contribution in [3.63, 3.8) is 0 Å². The fourth-order valence-corrected chi connectivity index (χ4v) is 5.70. The van der Waals surface area contributed by atoms with Crippen molar-refractivity contribution in [1.29, 1.82) is 0 Å². The molecule has 2 fully saturated rings. The molecule has 0 aromatic heterocycles. The molecule has 2 aliphatic rings. The number of hydrogen-bond donors (Lipinski definition) is 2. The third-order valence-electron chi connectivity index (χ3n) is 6.06. The third kappa shape index (κ3) is 6.46. The standard InChI is InChI=1S/C22H37N3O2S/c1-19-18-25(17-16-23-19)21-12-14-22(15-13-21)28(26,27)24-20-10-8-6-4-2-3-5-7-9-11-20/h12-15,19-20,23-24H,2-11,16-18H2,1H3/t19-/m1/s1. The van der Waals surface area contributed by atoms with Crippen LogP contribution in [0.1, 0.15) is 71.1 Å². The molecule has 1 saturated heterocycles. The number of sulfonamides is 1. The van der Waals surface area contributed by atoms with Crippen LogP contribution in [0, 0.1) is 0 Å². The van der Waals surface area contributed by atoms with Crippen LogP contribution in [0.3, 0.4) is 0 Å². The second kappa shape index (κ2) is 10.6. The Hall–Kier alpha value is -1.11. The predicted octanol–water partition coefficient (Wildman–Crippen LogP) is 4.05. The summed E-state index contributed by atoms with van der Waals surface area (Å²) < 4.78 is 28.9. The lowest BCUT2D eigenvalue weighted by atomic mass is 10.0. The summed E-state index contributed by atoms with van der Waals surface area (Å²) in [5.74, 6) is 0. The average Bonchev–Trinajstić information content (AvgIpc) is 2.74. The molecule has 3 rings (SSSR count). The summed E-state index contributed by atoms with van der Waals surface area (Å²) in [4.78, 5) is 2.70. The number of anilines is 1. The summed E-state index contributed by atoms with van der Waals surface area (Å²) in [5.41, 5.74) is 1.10. The Bertz CT molecular complexity index is 678. The molecule has 2 N–H and O–H groups in total. The van der Waals surface area contributed by atoms with Gasteiger partial charge in [-0.05, 0) is 44.0 Å². The van der Waals surface area contributed by atoms with Crippen molar-refractivity contribution in [2.45, 2.75) is 88.1 Å². The van der Waals surface area contributed by atoms with Gasteiger partial charge in [0, 0.05) is 37.4 Å². The molecule has 158 valence electrons. The van der Waals surface area contributed by atoms with Crippen LogP contribution in [0.4, 0.5) is 5.69 Å². The quantitative estimate of drug-likeness (QED) is 0.791. The van der Waals surface area contributed by atoms with E-state index in [-0.39, 0.29) is 6.04 Å². The normalized spacial score (nSPS) is 23.9. The first-order valence-corrected chi connectivity index (χ1v) is 12.6. The van der Waals surface area contributed by atoms with Crippen molar-refractivity contribution in [3.05, 3.63) is 24.3 Å². The van der Waals surface area contributed by atoms with Crippen molar-refractivity contribution in [2.24, 2.45) is 0 Å². The lowest BCUT2D eigenvalue weighted by molar-refractivity contribution is 0.467. The van der Waals surface area contributed by atoms with Crippen LogP contribution in [0.2, 0.25) is 0 Å². The maximum Gasteiger partial charge on any atom is 0.240 e. The third-order valence-corrected chi connectivity index (χ3v) is 7.59.